The van der Waals surface area contributed by atoms with E-state index in [-0.39, 0.29) is 5.91 Å². The lowest BCUT2D eigenvalue weighted by atomic mass is 10.3. The van der Waals surface area contributed by atoms with E-state index in [2.05, 4.69) is 27.8 Å². The summed E-state index contributed by atoms with van der Waals surface area (Å²) in [5, 5.41) is 2.12. The Morgan fingerprint density at radius 1 is 1.30 bits per heavy atom. The molecule has 1 aliphatic rings. The number of carbonyl (C=O) groups excluding carboxylic acids is 1. The fourth-order valence-electron chi connectivity index (χ4n) is 2.21. The maximum absolute atomic E-state index is 11.5. The quantitative estimate of drug-likeness (QED) is 0.490. The van der Waals surface area contributed by atoms with E-state index in [1.807, 2.05) is 12.1 Å². The molecular formula is C14H17N3OS2. The summed E-state index contributed by atoms with van der Waals surface area (Å²) in [4.78, 5) is 17.3. The van der Waals surface area contributed by atoms with Crippen molar-refractivity contribution < 1.29 is 4.79 Å². The van der Waals surface area contributed by atoms with Gasteiger partial charge in [-0.15, -0.1) is 22.7 Å². The highest BCUT2D eigenvalue weighted by molar-refractivity contribution is 7.14. The van der Waals surface area contributed by atoms with Gasteiger partial charge < -0.3 is 0 Å². The minimum atomic E-state index is -0.211. The van der Waals surface area contributed by atoms with Crippen LogP contribution in [0.3, 0.4) is 0 Å². The molecule has 0 unspecified atom stereocenters. The van der Waals surface area contributed by atoms with Crippen molar-refractivity contribution >= 4 is 28.6 Å². The van der Waals surface area contributed by atoms with Crippen LogP contribution in [0.1, 0.15) is 32.3 Å². The van der Waals surface area contributed by atoms with Crippen molar-refractivity contribution in [2.75, 3.05) is 0 Å². The van der Waals surface area contributed by atoms with Gasteiger partial charge in [0.05, 0.1) is 4.88 Å². The number of carbonyl (C=O) groups is 1. The van der Waals surface area contributed by atoms with Gasteiger partial charge in [-0.1, -0.05) is 6.07 Å². The topological polar surface area (TPSA) is 58.4 Å². The van der Waals surface area contributed by atoms with Gasteiger partial charge in [0.15, 0.2) is 0 Å². The highest BCUT2D eigenvalue weighted by atomic mass is 32.1. The van der Waals surface area contributed by atoms with Gasteiger partial charge >= 0.3 is 0 Å². The number of hydrogen-bond acceptors (Lipinski definition) is 5. The van der Waals surface area contributed by atoms with Gasteiger partial charge in [0, 0.05) is 28.9 Å². The maximum Gasteiger partial charge on any atom is 0.275 e. The van der Waals surface area contributed by atoms with Crippen LogP contribution in [-0.2, 0) is 13.1 Å². The van der Waals surface area contributed by atoms with E-state index in [0.717, 1.165) is 13.1 Å². The number of nitrogens with one attached hydrogen (secondary N) is 1. The monoisotopic (exact) mass is 307 g/mol. The van der Waals surface area contributed by atoms with Crippen molar-refractivity contribution in [3.8, 4) is 0 Å². The highest BCUT2D eigenvalue weighted by Gasteiger charge is 2.29. The number of hydrazine groups is 1. The molecule has 0 spiro atoms. The van der Waals surface area contributed by atoms with Gasteiger partial charge in [0.1, 0.15) is 0 Å². The fourth-order valence-corrected chi connectivity index (χ4v) is 3.88. The van der Waals surface area contributed by atoms with E-state index >= 15 is 0 Å². The summed E-state index contributed by atoms with van der Waals surface area (Å²) in [7, 11) is 0. The minimum Gasteiger partial charge on any atom is -0.290 e. The van der Waals surface area contributed by atoms with Crippen molar-refractivity contribution in [2.45, 2.75) is 32.0 Å². The Labute approximate surface area is 126 Å². The molecule has 0 radical (unpaired) electrons. The minimum absolute atomic E-state index is 0.211. The first-order valence-electron chi connectivity index (χ1n) is 6.62. The van der Waals surface area contributed by atoms with Gasteiger partial charge in [0.25, 0.3) is 5.91 Å². The Morgan fingerprint density at radius 2 is 2.10 bits per heavy atom. The largest absolute Gasteiger partial charge is 0.290 e. The zero-order chi connectivity index (χ0) is 13.9. The molecule has 2 aromatic rings. The molecule has 20 heavy (non-hydrogen) atoms. The number of hydrogen-bond donors (Lipinski definition) is 2. The molecule has 6 heteroatoms. The Kier molecular flexibility index (Phi) is 4.16. The molecule has 2 heterocycles. The molecule has 0 aromatic carbocycles. The van der Waals surface area contributed by atoms with Crippen LogP contribution < -0.4 is 11.3 Å². The molecule has 0 bridgehead atoms. The van der Waals surface area contributed by atoms with Crippen LogP contribution in [0.5, 0.6) is 0 Å². The maximum atomic E-state index is 11.5. The lowest BCUT2D eigenvalue weighted by Gasteiger charge is -2.20. The van der Waals surface area contributed by atoms with Crippen molar-refractivity contribution in [2.24, 2.45) is 5.84 Å². The van der Waals surface area contributed by atoms with Crippen LogP contribution in [0.4, 0.5) is 0 Å². The summed E-state index contributed by atoms with van der Waals surface area (Å²) in [5.41, 5.74) is 2.18. The summed E-state index contributed by atoms with van der Waals surface area (Å²) in [6.07, 6.45) is 2.57. The molecule has 0 aliphatic heterocycles. The standard InChI is InChI=1S/C14H17N3OS2/c15-16-14(18)13-6-5-12(20-13)9-17(10-3-4-10)8-11-2-1-7-19-11/h1-2,5-7,10H,3-4,8-9,15H2,(H,16,18). The van der Waals surface area contributed by atoms with Gasteiger partial charge in [-0.05, 0) is 36.4 Å². The molecule has 1 saturated carbocycles. The van der Waals surface area contributed by atoms with Gasteiger partial charge in [-0.25, -0.2) is 5.84 Å². The smallest absolute Gasteiger partial charge is 0.275 e. The van der Waals surface area contributed by atoms with E-state index < -0.39 is 0 Å². The number of nitrogens with two attached hydrogens (primary N) is 1. The molecular weight excluding hydrogens is 290 g/mol. The van der Waals surface area contributed by atoms with E-state index in [9.17, 15) is 4.79 Å². The van der Waals surface area contributed by atoms with Crippen LogP contribution in [-0.4, -0.2) is 16.8 Å². The van der Waals surface area contributed by atoms with Gasteiger partial charge in [-0.2, -0.15) is 0 Å². The van der Waals surface area contributed by atoms with Crippen LogP contribution in [0.2, 0.25) is 0 Å². The van der Waals surface area contributed by atoms with Crippen molar-refractivity contribution in [3.63, 3.8) is 0 Å². The molecule has 2 aromatic heterocycles. The van der Waals surface area contributed by atoms with E-state index in [1.165, 1.54) is 33.9 Å². The van der Waals surface area contributed by atoms with Crippen LogP contribution >= 0.6 is 22.7 Å². The third-order valence-corrected chi connectivity index (χ3v) is 5.31. The third kappa shape index (κ3) is 3.27. The second-order valence-corrected chi connectivity index (χ2v) is 7.16. The van der Waals surface area contributed by atoms with E-state index in [1.54, 1.807) is 11.3 Å². The molecule has 3 N–H and O–H groups in total. The van der Waals surface area contributed by atoms with Gasteiger partial charge in [-0.3, -0.25) is 15.1 Å². The zero-order valence-corrected chi connectivity index (χ0v) is 12.7. The molecule has 1 fully saturated rings. The highest BCUT2D eigenvalue weighted by Crippen LogP contribution is 2.31. The molecule has 0 atom stereocenters. The van der Waals surface area contributed by atoms with Crippen LogP contribution in [0.25, 0.3) is 0 Å². The second kappa shape index (κ2) is 6.05. The lowest BCUT2D eigenvalue weighted by molar-refractivity contribution is 0.0957. The first-order valence-corrected chi connectivity index (χ1v) is 8.32. The van der Waals surface area contributed by atoms with Crippen molar-refractivity contribution in [1.29, 1.82) is 0 Å². The number of nitrogen functional groups attached to an aromatic ring is 1. The van der Waals surface area contributed by atoms with Crippen molar-refractivity contribution in [3.05, 3.63) is 44.3 Å². The first kappa shape index (κ1) is 13.8. The second-order valence-electron chi connectivity index (χ2n) is 4.95. The van der Waals surface area contributed by atoms with Crippen molar-refractivity contribution in [1.82, 2.24) is 10.3 Å². The summed E-state index contributed by atoms with van der Waals surface area (Å²) < 4.78 is 0. The molecule has 1 amide bonds. The fraction of sp³-hybridized carbons (Fsp3) is 0.357. The van der Waals surface area contributed by atoms with E-state index in [0.29, 0.717) is 10.9 Å². The van der Waals surface area contributed by atoms with E-state index in [4.69, 9.17) is 5.84 Å². The van der Waals surface area contributed by atoms with Crippen LogP contribution in [0.15, 0.2) is 29.6 Å². The molecule has 106 valence electrons. The number of thiophene rings is 2. The Bertz CT molecular complexity index is 575. The van der Waals surface area contributed by atoms with Crippen LogP contribution in [0, 0.1) is 0 Å². The zero-order valence-electron chi connectivity index (χ0n) is 11.0. The SMILES string of the molecule is NNC(=O)c1ccc(CN(Cc2cccs2)C2CC2)s1. The molecule has 0 saturated heterocycles. The Hall–Kier alpha value is -1.21. The average molecular weight is 307 g/mol. The normalized spacial score (nSPS) is 14.7. The summed E-state index contributed by atoms with van der Waals surface area (Å²) in [6, 6.07) is 8.85. The molecule has 3 rings (SSSR count). The summed E-state index contributed by atoms with van der Waals surface area (Å²) in [5.74, 6) is 4.95. The summed E-state index contributed by atoms with van der Waals surface area (Å²) in [6.45, 7) is 1.91. The number of amides is 1. The number of rotatable bonds is 6. The predicted molar refractivity (Wildman–Crippen MR) is 82.6 cm³/mol. The molecule has 4 nitrogen and oxygen atoms in total. The average Bonchev–Trinajstić information content (AvgIpc) is 2.99. The predicted octanol–water partition coefficient (Wildman–Crippen LogP) is 2.58. The Balaban J connectivity index is 1.67. The molecule has 1 aliphatic carbocycles. The number of nitrogens with zero attached hydrogens (tertiary/aromatic N) is 1. The lowest BCUT2D eigenvalue weighted by Crippen LogP contribution is -2.29. The Morgan fingerprint density at radius 3 is 2.75 bits per heavy atom. The third-order valence-electron chi connectivity index (χ3n) is 3.38. The van der Waals surface area contributed by atoms with Gasteiger partial charge in [0.2, 0.25) is 0 Å². The summed E-state index contributed by atoms with van der Waals surface area (Å²) >= 11 is 3.32. The first-order chi connectivity index (χ1) is 9.76.